The number of rotatable bonds is 4. The Bertz CT molecular complexity index is 542. The van der Waals surface area contributed by atoms with Gasteiger partial charge in [-0.1, -0.05) is 0 Å². The van der Waals surface area contributed by atoms with Crippen molar-refractivity contribution in [2.75, 3.05) is 0 Å². The highest BCUT2D eigenvalue weighted by Crippen LogP contribution is 2.27. The first-order valence-electron chi connectivity index (χ1n) is 4.73. The van der Waals surface area contributed by atoms with Gasteiger partial charge in [0.05, 0.1) is 0 Å². The minimum atomic E-state index is -0.981. The van der Waals surface area contributed by atoms with E-state index in [4.69, 9.17) is 5.11 Å². The van der Waals surface area contributed by atoms with Crippen LogP contribution in [0.3, 0.4) is 0 Å². The highest BCUT2D eigenvalue weighted by Gasteiger charge is 2.11. The van der Waals surface area contributed by atoms with Crippen LogP contribution in [-0.4, -0.2) is 36.3 Å². The van der Waals surface area contributed by atoms with Crippen LogP contribution >= 0.6 is 11.8 Å². The molecule has 0 aliphatic heterocycles. The molecule has 2 heterocycles. The highest BCUT2D eigenvalue weighted by molar-refractivity contribution is 7.99. The molecular weight excluding hydrogens is 242 g/mol. The molecule has 0 fully saturated rings. The molecule has 0 atom stereocenters. The van der Waals surface area contributed by atoms with Crippen LogP contribution in [-0.2, 0) is 11.3 Å². The number of nitrogens with zero attached hydrogens (tertiary/aromatic N) is 5. The molecule has 0 aliphatic carbocycles. The molecule has 7 nitrogen and oxygen atoms in total. The van der Waals surface area contributed by atoms with Crippen molar-refractivity contribution < 1.29 is 9.90 Å². The zero-order chi connectivity index (χ0) is 12.3. The minimum absolute atomic E-state index is 0.251. The van der Waals surface area contributed by atoms with Crippen LogP contribution in [0.15, 0.2) is 28.5 Å². The second kappa shape index (κ2) is 4.91. The van der Waals surface area contributed by atoms with E-state index in [1.165, 1.54) is 16.4 Å². The Kier molecular flexibility index (Phi) is 3.33. The third-order valence-corrected chi connectivity index (χ3v) is 3.11. The number of tetrazole rings is 1. The third kappa shape index (κ3) is 2.78. The maximum absolute atomic E-state index is 10.6. The summed E-state index contributed by atoms with van der Waals surface area (Å²) >= 11 is 1.31. The van der Waals surface area contributed by atoms with Gasteiger partial charge in [-0.2, -0.15) is 0 Å². The van der Waals surface area contributed by atoms with E-state index in [0.717, 1.165) is 10.5 Å². The molecule has 2 aromatic heterocycles. The predicted molar refractivity (Wildman–Crippen MR) is 58.5 cm³/mol. The number of pyridine rings is 1. The first-order valence-corrected chi connectivity index (χ1v) is 5.55. The molecule has 0 unspecified atom stereocenters. The Morgan fingerprint density at radius 2 is 2.41 bits per heavy atom. The maximum Gasteiger partial charge on any atom is 0.325 e. The van der Waals surface area contributed by atoms with E-state index in [0.29, 0.717) is 5.16 Å². The molecule has 1 N–H and O–H groups in total. The molecule has 0 spiro atoms. The molecule has 2 rings (SSSR count). The summed E-state index contributed by atoms with van der Waals surface area (Å²) in [6, 6.07) is 1.83. The zero-order valence-corrected chi connectivity index (χ0v) is 9.76. The minimum Gasteiger partial charge on any atom is -0.480 e. The van der Waals surface area contributed by atoms with Crippen LogP contribution in [0, 0.1) is 6.92 Å². The van der Waals surface area contributed by atoms with Crippen molar-refractivity contribution in [3.63, 3.8) is 0 Å². The van der Waals surface area contributed by atoms with E-state index in [1.54, 1.807) is 12.4 Å². The van der Waals surface area contributed by atoms with Crippen molar-refractivity contribution in [2.45, 2.75) is 23.5 Å². The molecule has 0 amide bonds. The summed E-state index contributed by atoms with van der Waals surface area (Å²) < 4.78 is 1.24. The lowest BCUT2D eigenvalue weighted by atomic mass is 10.3. The van der Waals surface area contributed by atoms with E-state index in [9.17, 15) is 4.79 Å². The normalized spacial score (nSPS) is 10.4. The van der Waals surface area contributed by atoms with Gasteiger partial charge in [-0.05, 0) is 40.7 Å². The van der Waals surface area contributed by atoms with Crippen molar-refractivity contribution >= 4 is 17.7 Å². The summed E-state index contributed by atoms with van der Waals surface area (Å²) in [5, 5.41) is 20.0. The van der Waals surface area contributed by atoms with Crippen LogP contribution in [0.1, 0.15) is 5.56 Å². The average molecular weight is 251 g/mol. The molecule has 0 saturated carbocycles. The fourth-order valence-electron chi connectivity index (χ4n) is 1.17. The number of carboxylic acids is 1. The fraction of sp³-hybridized carbons (Fsp3) is 0.222. The lowest BCUT2D eigenvalue weighted by Gasteiger charge is -2.03. The number of aliphatic carboxylic acids is 1. The molecule has 0 aliphatic rings. The van der Waals surface area contributed by atoms with Crippen LogP contribution < -0.4 is 0 Å². The van der Waals surface area contributed by atoms with Crippen molar-refractivity contribution in [1.29, 1.82) is 0 Å². The Morgan fingerprint density at radius 3 is 3.12 bits per heavy atom. The van der Waals surface area contributed by atoms with Gasteiger partial charge in [-0.3, -0.25) is 9.78 Å². The standard InChI is InChI=1S/C9H9N5O2S/c1-6-4-10-3-2-7(6)17-9-11-12-13-14(9)5-8(15)16/h2-4H,5H2,1H3,(H,15,16). The van der Waals surface area contributed by atoms with E-state index in [1.807, 2.05) is 13.0 Å². The predicted octanol–water partition coefficient (Wildman–Crippen LogP) is 0.612. The summed E-state index contributed by atoms with van der Waals surface area (Å²) in [5.74, 6) is -0.981. The van der Waals surface area contributed by atoms with E-state index in [2.05, 4.69) is 20.5 Å². The van der Waals surface area contributed by atoms with Gasteiger partial charge in [0.15, 0.2) is 0 Å². The van der Waals surface area contributed by atoms with Gasteiger partial charge in [-0.15, -0.1) is 5.10 Å². The van der Waals surface area contributed by atoms with Gasteiger partial charge in [-0.25, -0.2) is 4.68 Å². The SMILES string of the molecule is Cc1cnccc1Sc1nnnn1CC(=O)O. The topological polar surface area (TPSA) is 93.8 Å². The summed E-state index contributed by atoms with van der Waals surface area (Å²) in [7, 11) is 0. The number of hydrogen-bond acceptors (Lipinski definition) is 6. The Morgan fingerprint density at radius 1 is 1.59 bits per heavy atom. The summed E-state index contributed by atoms with van der Waals surface area (Å²) in [4.78, 5) is 15.5. The van der Waals surface area contributed by atoms with E-state index >= 15 is 0 Å². The Labute approximate surface area is 101 Å². The molecule has 88 valence electrons. The number of carbonyl (C=O) groups is 1. The first kappa shape index (κ1) is 11.5. The van der Waals surface area contributed by atoms with Gasteiger partial charge >= 0.3 is 5.97 Å². The Hall–Kier alpha value is -1.96. The van der Waals surface area contributed by atoms with Crippen LogP contribution in [0.25, 0.3) is 0 Å². The highest BCUT2D eigenvalue weighted by atomic mass is 32.2. The summed E-state index contributed by atoms with van der Waals surface area (Å²) in [5.41, 5.74) is 0.988. The average Bonchev–Trinajstić information content (AvgIpc) is 2.68. The number of carboxylic acid groups (broad SMARTS) is 1. The van der Waals surface area contributed by atoms with Crippen molar-refractivity contribution in [1.82, 2.24) is 25.2 Å². The van der Waals surface area contributed by atoms with Gasteiger partial charge in [0.25, 0.3) is 0 Å². The quantitative estimate of drug-likeness (QED) is 0.850. The molecule has 0 bridgehead atoms. The fourth-order valence-corrected chi connectivity index (χ4v) is 1.99. The monoisotopic (exact) mass is 251 g/mol. The smallest absolute Gasteiger partial charge is 0.325 e. The third-order valence-electron chi connectivity index (χ3n) is 1.95. The molecule has 17 heavy (non-hydrogen) atoms. The van der Waals surface area contributed by atoms with Gasteiger partial charge in [0.1, 0.15) is 6.54 Å². The number of aromatic nitrogens is 5. The lowest BCUT2D eigenvalue weighted by Crippen LogP contribution is -2.11. The van der Waals surface area contributed by atoms with Crippen LogP contribution in [0.4, 0.5) is 0 Å². The molecule has 0 saturated heterocycles. The summed E-state index contributed by atoms with van der Waals surface area (Å²) in [6.45, 7) is 1.67. The molecular formula is C9H9N5O2S. The van der Waals surface area contributed by atoms with Gasteiger partial charge in [0.2, 0.25) is 5.16 Å². The van der Waals surface area contributed by atoms with Crippen LogP contribution in [0.2, 0.25) is 0 Å². The largest absolute Gasteiger partial charge is 0.480 e. The molecule has 8 heteroatoms. The van der Waals surface area contributed by atoms with Gasteiger partial charge < -0.3 is 5.11 Å². The van der Waals surface area contributed by atoms with E-state index < -0.39 is 5.97 Å². The first-order chi connectivity index (χ1) is 8.16. The second-order valence-corrected chi connectivity index (χ2v) is 4.27. The number of aryl methyl sites for hydroxylation is 1. The van der Waals surface area contributed by atoms with Crippen molar-refractivity contribution in [3.8, 4) is 0 Å². The molecule has 2 aromatic rings. The molecule has 0 radical (unpaired) electrons. The number of hydrogen-bond donors (Lipinski definition) is 1. The van der Waals surface area contributed by atoms with E-state index in [-0.39, 0.29) is 6.54 Å². The zero-order valence-electron chi connectivity index (χ0n) is 8.94. The lowest BCUT2D eigenvalue weighted by molar-refractivity contribution is -0.138. The maximum atomic E-state index is 10.6. The Balaban J connectivity index is 2.22. The second-order valence-electron chi connectivity index (χ2n) is 3.26. The van der Waals surface area contributed by atoms with Crippen molar-refractivity contribution in [2.24, 2.45) is 0 Å². The van der Waals surface area contributed by atoms with Crippen molar-refractivity contribution in [3.05, 3.63) is 24.0 Å². The van der Waals surface area contributed by atoms with Gasteiger partial charge in [0, 0.05) is 17.3 Å². The summed E-state index contributed by atoms with van der Waals surface area (Å²) in [6.07, 6.45) is 3.40. The molecule has 0 aromatic carbocycles. The van der Waals surface area contributed by atoms with Crippen LogP contribution in [0.5, 0.6) is 0 Å².